The first-order valence-corrected chi connectivity index (χ1v) is 12.8. The van der Waals surface area contributed by atoms with E-state index in [0.717, 1.165) is 16.1 Å². The predicted molar refractivity (Wildman–Crippen MR) is 133 cm³/mol. The van der Waals surface area contributed by atoms with Crippen LogP contribution in [0.5, 0.6) is 0 Å². The maximum absolute atomic E-state index is 13.5. The third-order valence-electron chi connectivity index (χ3n) is 4.97. The summed E-state index contributed by atoms with van der Waals surface area (Å²) >= 11 is 6.02. The van der Waals surface area contributed by atoms with Gasteiger partial charge < -0.3 is 10.2 Å². The number of nitrogens with zero attached hydrogens (tertiary/aromatic N) is 2. The third-order valence-corrected chi connectivity index (χ3v) is 6.33. The molecule has 0 aliphatic rings. The van der Waals surface area contributed by atoms with Gasteiger partial charge in [0.05, 0.1) is 11.9 Å². The maximum atomic E-state index is 13.5. The highest BCUT2D eigenvalue weighted by Gasteiger charge is 2.31. The molecule has 33 heavy (non-hydrogen) atoms. The summed E-state index contributed by atoms with van der Waals surface area (Å²) in [5.41, 5.74) is 1.33. The highest BCUT2D eigenvalue weighted by Crippen LogP contribution is 2.26. The highest BCUT2D eigenvalue weighted by atomic mass is 35.5. The first-order chi connectivity index (χ1) is 15.2. The van der Waals surface area contributed by atoms with Crippen molar-refractivity contribution in [1.82, 2.24) is 10.2 Å². The SMILES string of the molecule is Cc1cc(Cl)ccc1N(CC(=O)N(Cc1ccccc1)[C@@H](C)C(=O)NC(C)(C)C)S(C)(=O)=O. The molecule has 0 aliphatic heterocycles. The molecule has 0 fully saturated rings. The van der Waals surface area contributed by atoms with Gasteiger partial charge in [0, 0.05) is 17.1 Å². The second kappa shape index (κ2) is 10.6. The van der Waals surface area contributed by atoms with E-state index in [2.05, 4.69) is 5.32 Å². The second-order valence-electron chi connectivity index (χ2n) is 9.12. The van der Waals surface area contributed by atoms with Crippen LogP contribution >= 0.6 is 11.6 Å². The van der Waals surface area contributed by atoms with Crippen LogP contribution in [0.1, 0.15) is 38.8 Å². The number of hydrogen-bond acceptors (Lipinski definition) is 4. The molecule has 9 heteroatoms. The lowest BCUT2D eigenvalue weighted by molar-refractivity contribution is -0.140. The Kier molecular flexibility index (Phi) is 8.54. The molecule has 0 heterocycles. The van der Waals surface area contributed by atoms with Gasteiger partial charge in [-0.25, -0.2) is 8.42 Å². The number of anilines is 1. The Labute approximate surface area is 201 Å². The zero-order valence-electron chi connectivity index (χ0n) is 19.9. The molecule has 2 aromatic carbocycles. The molecule has 2 rings (SSSR count). The molecule has 0 aromatic heterocycles. The predicted octanol–water partition coefficient (Wildman–Crippen LogP) is 3.75. The van der Waals surface area contributed by atoms with Crippen LogP contribution in [0.15, 0.2) is 48.5 Å². The molecule has 0 bridgehead atoms. The standard InChI is InChI=1S/C24H32ClN3O4S/c1-17-14-20(25)12-13-21(17)28(33(6,31)32)16-22(29)27(15-19-10-8-7-9-11-19)18(2)23(30)26-24(3,4)5/h7-14,18H,15-16H2,1-6H3,(H,26,30)/t18-/m0/s1. The van der Waals surface area contributed by atoms with Crippen molar-refractivity contribution in [2.24, 2.45) is 0 Å². The Balaban J connectivity index is 2.41. The molecule has 180 valence electrons. The number of amides is 2. The Morgan fingerprint density at radius 2 is 1.70 bits per heavy atom. The lowest BCUT2D eigenvalue weighted by Gasteiger charge is -2.33. The summed E-state index contributed by atoms with van der Waals surface area (Å²) in [6.07, 6.45) is 1.05. The summed E-state index contributed by atoms with van der Waals surface area (Å²) in [5.74, 6) is -0.810. The van der Waals surface area contributed by atoms with Gasteiger partial charge in [-0.3, -0.25) is 13.9 Å². The fourth-order valence-electron chi connectivity index (χ4n) is 3.33. The van der Waals surface area contributed by atoms with Crippen molar-refractivity contribution < 1.29 is 18.0 Å². The van der Waals surface area contributed by atoms with E-state index < -0.39 is 34.1 Å². The molecule has 0 spiro atoms. The largest absolute Gasteiger partial charge is 0.350 e. The molecule has 1 atom stereocenters. The first-order valence-electron chi connectivity index (χ1n) is 10.6. The van der Waals surface area contributed by atoms with Gasteiger partial charge >= 0.3 is 0 Å². The summed E-state index contributed by atoms with van der Waals surface area (Å²) in [6, 6.07) is 13.2. The quantitative estimate of drug-likeness (QED) is 0.606. The molecule has 0 saturated heterocycles. The van der Waals surface area contributed by atoms with Gasteiger partial charge in [0.1, 0.15) is 12.6 Å². The van der Waals surface area contributed by atoms with Crippen molar-refractivity contribution in [3.05, 3.63) is 64.7 Å². The van der Waals surface area contributed by atoms with E-state index in [1.165, 1.54) is 4.90 Å². The van der Waals surface area contributed by atoms with Crippen LogP contribution in [0.25, 0.3) is 0 Å². The van der Waals surface area contributed by atoms with Gasteiger partial charge in [0.2, 0.25) is 21.8 Å². The van der Waals surface area contributed by atoms with Gasteiger partial charge in [0.15, 0.2) is 0 Å². The van der Waals surface area contributed by atoms with Crippen LogP contribution in [0, 0.1) is 6.92 Å². The fourth-order valence-corrected chi connectivity index (χ4v) is 4.46. The molecule has 0 saturated carbocycles. The average molecular weight is 494 g/mol. The van der Waals surface area contributed by atoms with E-state index in [1.807, 2.05) is 51.1 Å². The summed E-state index contributed by atoms with van der Waals surface area (Å²) in [5, 5.41) is 3.36. The number of carbonyl (C=O) groups is 2. The summed E-state index contributed by atoms with van der Waals surface area (Å²) in [4.78, 5) is 27.8. The second-order valence-corrected chi connectivity index (χ2v) is 11.5. The average Bonchev–Trinajstić information content (AvgIpc) is 2.69. The molecular weight excluding hydrogens is 462 g/mol. The number of rotatable bonds is 8. The molecule has 7 nitrogen and oxygen atoms in total. The normalized spacial score (nSPS) is 12.7. The van der Waals surface area contributed by atoms with Gasteiger partial charge in [-0.2, -0.15) is 0 Å². The Morgan fingerprint density at radius 3 is 2.21 bits per heavy atom. The van der Waals surface area contributed by atoms with E-state index in [1.54, 1.807) is 32.0 Å². The van der Waals surface area contributed by atoms with E-state index in [9.17, 15) is 18.0 Å². The van der Waals surface area contributed by atoms with Gasteiger partial charge in [0.25, 0.3) is 0 Å². The number of sulfonamides is 1. The number of nitrogens with one attached hydrogen (secondary N) is 1. The minimum atomic E-state index is -3.79. The summed E-state index contributed by atoms with van der Waals surface area (Å²) in [7, 11) is -3.79. The van der Waals surface area contributed by atoms with Crippen LogP contribution in [-0.2, 0) is 26.2 Å². The van der Waals surface area contributed by atoms with Crippen molar-refractivity contribution in [3.63, 3.8) is 0 Å². The Bertz CT molecular complexity index is 1100. The maximum Gasteiger partial charge on any atom is 0.244 e. The highest BCUT2D eigenvalue weighted by molar-refractivity contribution is 7.92. The molecule has 0 unspecified atom stereocenters. The van der Waals surface area contributed by atoms with E-state index in [0.29, 0.717) is 16.3 Å². The molecule has 2 aromatic rings. The van der Waals surface area contributed by atoms with Crippen molar-refractivity contribution >= 4 is 39.1 Å². The van der Waals surface area contributed by atoms with Crippen LogP contribution in [0.4, 0.5) is 5.69 Å². The number of aryl methyl sites for hydroxylation is 1. The van der Waals surface area contributed by atoms with Crippen LogP contribution in [-0.4, -0.2) is 49.5 Å². The van der Waals surface area contributed by atoms with Crippen LogP contribution in [0.2, 0.25) is 5.02 Å². The van der Waals surface area contributed by atoms with Crippen molar-refractivity contribution in [2.75, 3.05) is 17.1 Å². The molecule has 2 amide bonds. The van der Waals surface area contributed by atoms with Crippen molar-refractivity contribution in [3.8, 4) is 0 Å². The number of carbonyl (C=O) groups excluding carboxylic acids is 2. The topological polar surface area (TPSA) is 86.8 Å². The van der Waals surface area contributed by atoms with Gasteiger partial charge in [-0.05, 0) is 63.9 Å². The monoisotopic (exact) mass is 493 g/mol. The summed E-state index contributed by atoms with van der Waals surface area (Å²) in [6.45, 7) is 8.66. The first kappa shape index (κ1) is 26.7. The fraction of sp³-hybridized carbons (Fsp3) is 0.417. The van der Waals surface area contributed by atoms with E-state index in [4.69, 9.17) is 11.6 Å². The zero-order chi connectivity index (χ0) is 25.0. The lowest BCUT2D eigenvalue weighted by Crippen LogP contribution is -2.54. The molecular formula is C24H32ClN3O4S. The van der Waals surface area contributed by atoms with E-state index >= 15 is 0 Å². The van der Waals surface area contributed by atoms with Crippen LogP contribution < -0.4 is 9.62 Å². The Hall–Kier alpha value is -2.58. The zero-order valence-corrected chi connectivity index (χ0v) is 21.5. The number of benzene rings is 2. The molecule has 0 aliphatic carbocycles. The lowest BCUT2D eigenvalue weighted by atomic mass is 10.1. The third kappa shape index (κ3) is 7.75. The van der Waals surface area contributed by atoms with Crippen molar-refractivity contribution in [2.45, 2.75) is 52.7 Å². The minimum Gasteiger partial charge on any atom is -0.350 e. The molecule has 1 N–H and O–H groups in total. The number of hydrogen-bond donors (Lipinski definition) is 1. The smallest absolute Gasteiger partial charge is 0.244 e. The van der Waals surface area contributed by atoms with Gasteiger partial charge in [-0.1, -0.05) is 41.9 Å². The van der Waals surface area contributed by atoms with Gasteiger partial charge in [-0.15, -0.1) is 0 Å². The molecule has 0 radical (unpaired) electrons. The number of halogens is 1. The summed E-state index contributed by atoms with van der Waals surface area (Å²) < 4.78 is 26.3. The minimum absolute atomic E-state index is 0.162. The van der Waals surface area contributed by atoms with E-state index in [-0.39, 0.29) is 12.5 Å². The van der Waals surface area contributed by atoms with Crippen LogP contribution in [0.3, 0.4) is 0 Å². The Morgan fingerprint density at radius 1 is 1.09 bits per heavy atom. The van der Waals surface area contributed by atoms with Crippen molar-refractivity contribution in [1.29, 1.82) is 0 Å².